The number of carbonyl (C=O) groups excluding carboxylic acids is 2. The van der Waals surface area contributed by atoms with Gasteiger partial charge in [-0.15, -0.1) is 11.8 Å². The Bertz CT molecular complexity index is 467. The van der Waals surface area contributed by atoms with Gasteiger partial charge in [-0.05, 0) is 24.3 Å². The van der Waals surface area contributed by atoms with Crippen LogP contribution < -0.4 is 21.9 Å². The molecule has 1 aromatic carbocycles. The van der Waals surface area contributed by atoms with E-state index < -0.39 is 18.0 Å². The van der Waals surface area contributed by atoms with Crippen LogP contribution in [0, 0.1) is 0 Å². The number of thioether (sulfide) groups is 1. The third-order valence-corrected chi connectivity index (χ3v) is 3.55. The van der Waals surface area contributed by atoms with E-state index in [1.54, 1.807) is 18.7 Å². The van der Waals surface area contributed by atoms with Crippen LogP contribution in [0.15, 0.2) is 29.2 Å². The van der Waals surface area contributed by atoms with Gasteiger partial charge >= 0.3 is 6.03 Å². The van der Waals surface area contributed by atoms with Crippen LogP contribution in [0.2, 0.25) is 0 Å². The predicted octanol–water partition coefficient (Wildman–Crippen LogP) is 0.976. The zero-order valence-electron chi connectivity index (χ0n) is 11.6. The third kappa shape index (κ3) is 5.10. The SMILES string of the molecule is CC[C@@H](N)C(=O)NNC(=O)NCc1ccccc1SC. The third-order valence-electron chi connectivity index (χ3n) is 2.71. The lowest BCUT2D eigenvalue weighted by Crippen LogP contribution is -2.51. The van der Waals surface area contributed by atoms with Crippen molar-refractivity contribution in [3.8, 4) is 0 Å². The molecule has 0 fully saturated rings. The van der Waals surface area contributed by atoms with Gasteiger partial charge in [0.15, 0.2) is 0 Å². The van der Waals surface area contributed by atoms with E-state index in [9.17, 15) is 9.59 Å². The molecule has 0 bridgehead atoms. The molecular formula is C13H20N4O2S. The Morgan fingerprint density at radius 3 is 2.65 bits per heavy atom. The first-order valence-electron chi connectivity index (χ1n) is 6.29. The molecule has 1 rings (SSSR count). The van der Waals surface area contributed by atoms with E-state index in [1.807, 2.05) is 30.5 Å². The van der Waals surface area contributed by atoms with Gasteiger partial charge in [0.25, 0.3) is 5.91 Å². The van der Waals surface area contributed by atoms with Crippen LogP contribution in [-0.4, -0.2) is 24.2 Å². The number of hydrogen-bond acceptors (Lipinski definition) is 4. The van der Waals surface area contributed by atoms with Crippen molar-refractivity contribution in [1.82, 2.24) is 16.2 Å². The van der Waals surface area contributed by atoms with Crippen molar-refractivity contribution in [1.29, 1.82) is 0 Å². The van der Waals surface area contributed by atoms with Crippen LogP contribution in [0.5, 0.6) is 0 Å². The number of rotatable bonds is 5. The molecule has 110 valence electrons. The lowest BCUT2D eigenvalue weighted by molar-refractivity contribution is -0.123. The zero-order valence-corrected chi connectivity index (χ0v) is 12.4. The van der Waals surface area contributed by atoms with Crippen molar-refractivity contribution in [3.05, 3.63) is 29.8 Å². The Balaban J connectivity index is 2.38. The van der Waals surface area contributed by atoms with Crippen molar-refractivity contribution in [2.24, 2.45) is 5.73 Å². The number of nitrogens with two attached hydrogens (primary N) is 1. The van der Waals surface area contributed by atoms with Crippen LogP contribution in [-0.2, 0) is 11.3 Å². The highest BCUT2D eigenvalue weighted by molar-refractivity contribution is 7.98. The van der Waals surface area contributed by atoms with Crippen LogP contribution in [0.25, 0.3) is 0 Å². The fourth-order valence-electron chi connectivity index (χ4n) is 1.47. The summed E-state index contributed by atoms with van der Waals surface area (Å²) in [5.74, 6) is -0.410. The van der Waals surface area contributed by atoms with Crippen molar-refractivity contribution >= 4 is 23.7 Å². The summed E-state index contributed by atoms with van der Waals surface area (Å²) < 4.78 is 0. The molecule has 0 heterocycles. The number of benzene rings is 1. The first-order chi connectivity index (χ1) is 9.58. The summed E-state index contributed by atoms with van der Waals surface area (Å²) in [4.78, 5) is 24.0. The number of carbonyl (C=O) groups is 2. The Morgan fingerprint density at radius 2 is 2.00 bits per heavy atom. The summed E-state index contributed by atoms with van der Waals surface area (Å²) in [7, 11) is 0. The molecule has 0 saturated carbocycles. The Labute approximate surface area is 122 Å². The van der Waals surface area contributed by atoms with Crippen LogP contribution in [0.4, 0.5) is 4.79 Å². The summed E-state index contributed by atoms with van der Waals surface area (Å²) in [5.41, 5.74) is 11.1. The maximum absolute atomic E-state index is 11.5. The smallest absolute Gasteiger partial charge is 0.333 e. The van der Waals surface area contributed by atoms with Crippen molar-refractivity contribution in [3.63, 3.8) is 0 Å². The van der Waals surface area contributed by atoms with E-state index in [-0.39, 0.29) is 0 Å². The van der Waals surface area contributed by atoms with Gasteiger partial charge in [-0.1, -0.05) is 25.1 Å². The first kappa shape index (κ1) is 16.3. The van der Waals surface area contributed by atoms with Crippen molar-refractivity contribution in [2.75, 3.05) is 6.26 Å². The molecule has 1 aromatic rings. The second kappa shape index (κ2) is 8.44. The van der Waals surface area contributed by atoms with Crippen LogP contribution in [0.3, 0.4) is 0 Å². The Hall–Kier alpha value is -1.73. The molecule has 6 nitrogen and oxygen atoms in total. The average molecular weight is 296 g/mol. The largest absolute Gasteiger partial charge is 0.333 e. The number of hydrogen-bond donors (Lipinski definition) is 4. The Kier molecular flexibility index (Phi) is 6.89. The van der Waals surface area contributed by atoms with Crippen LogP contribution >= 0.6 is 11.8 Å². The van der Waals surface area contributed by atoms with Gasteiger partial charge in [0, 0.05) is 11.4 Å². The van der Waals surface area contributed by atoms with E-state index in [1.165, 1.54) is 0 Å². The summed E-state index contributed by atoms with van der Waals surface area (Å²) in [6, 6.07) is 6.70. The van der Waals surface area contributed by atoms with Gasteiger partial charge in [0.1, 0.15) is 0 Å². The maximum atomic E-state index is 11.5. The number of hydrazine groups is 1. The molecule has 0 spiro atoms. The minimum absolute atomic E-state index is 0.387. The first-order valence-corrected chi connectivity index (χ1v) is 7.52. The van der Waals surface area contributed by atoms with Gasteiger partial charge < -0.3 is 11.1 Å². The molecule has 1 atom stereocenters. The molecular weight excluding hydrogens is 276 g/mol. The molecule has 0 aromatic heterocycles. The van der Waals surface area contributed by atoms with E-state index in [0.717, 1.165) is 10.5 Å². The van der Waals surface area contributed by atoms with Gasteiger partial charge in [-0.2, -0.15) is 0 Å². The topological polar surface area (TPSA) is 96.2 Å². The quantitative estimate of drug-likeness (QED) is 0.481. The number of amides is 3. The summed E-state index contributed by atoms with van der Waals surface area (Å²) in [6.45, 7) is 2.18. The lowest BCUT2D eigenvalue weighted by atomic mass is 10.2. The lowest BCUT2D eigenvalue weighted by Gasteiger charge is -2.12. The standard InChI is InChI=1S/C13H20N4O2S/c1-3-10(14)12(18)16-17-13(19)15-8-9-6-4-5-7-11(9)20-2/h4-7,10H,3,8,14H2,1-2H3,(H,16,18)(H2,15,17,19)/t10-/m1/s1. The predicted molar refractivity (Wildman–Crippen MR) is 80.0 cm³/mol. The Morgan fingerprint density at radius 1 is 1.30 bits per heavy atom. The minimum atomic E-state index is -0.618. The van der Waals surface area contributed by atoms with E-state index in [0.29, 0.717) is 13.0 Å². The molecule has 0 saturated heterocycles. The van der Waals surface area contributed by atoms with E-state index >= 15 is 0 Å². The molecule has 0 aliphatic heterocycles. The monoisotopic (exact) mass is 296 g/mol. The molecule has 0 unspecified atom stereocenters. The highest BCUT2D eigenvalue weighted by Crippen LogP contribution is 2.19. The average Bonchev–Trinajstić information content (AvgIpc) is 2.49. The fourth-order valence-corrected chi connectivity index (χ4v) is 2.08. The summed E-state index contributed by atoms with van der Waals surface area (Å²) >= 11 is 1.61. The second-order valence-electron chi connectivity index (χ2n) is 4.12. The van der Waals surface area contributed by atoms with E-state index in [2.05, 4.69) is 16.2 Å². The molecule has 7 heteroatoms. The second-order valence-corrected chi connectivity index (χ2v) is 4.97. The van der Waals surface area contributed by atoms with Gasteiger partial charge in [0.2, 0.25) is 0 Å². The van der Waals surface area contributed by atoms with Crippen molar-refractivity contribution in [2.45, 2.75) is 30.8 Å². The molecule has 0 aliphatic carbocycles. The molecule has 20 heavy (non-hydrogen) atoms. The van der Waals surface area contributed by atoms with Gasteiger partial charge in [-0.3, -0.25) is 10.2 Å². The molecule has 0 aliphatic rings. The number of urea groups is 1. The van der Waals surface area contributed by atoms with Gasteiger partial charge in [-0.25, -0.2) is 10.2 Å². The van der Waals surface area contributed by atoms with Crippen molar-refractivity contribution < 1.29 is 9.59 Å². The summed E-state index contributed by atoms with van der Waals surface area (Å²) in [5, 5.41) is 2.67. The van der Waals surface area contributed by atoms with Gasteiger partial charge in [0.05, 0.1) is 6.04 Å². The zero-order chi connectivity index (χ0) is 15.0. The summed E-state index contributed by atoms with van der Waals surface area (Å²) in [6.07, 6.45) is 2.49. The number of nitrogens with one attached hydrogen (secondary N) is 3. The highest BCUT2D eigenvalue weighted by atomic mass is 32.2. The van der Waals surface area contributed by atoms with Crippen LogP contribution in [0.1, 0.15) is 18.9 Å². The molecule has 0 radical (unpaired) electrons. The molecule has 5 N–H and O–H groups in total. The fraction of sp³-hybridized carbons (Fsp3) is 0.385. The molecule has 3 amide bonds. The maximum Gasteiger partial charge on any atom is 0.333 e. The van der Waals surface area contributed by atoms with E-state index in [4.69, 9.17) is 5.73 Å². The normalized spacial score (nSPS) is 11.6. The highest BCUT2D eigenvalue weighted by Gasteiger charge is 2.11. The minimum Gasteiger partial charge on any atom is -0.333 e.